The number of rotatable bonds is 6. The quantitative estimate of drug-likeness (QED) is 0.680. The van der Waals surface area contributed by atoms with E-state index in [1.165, 1.54) is 22.3 Å². The molecular formula is C24H32NO4+. The molecule has 2 heterocycles. The number of hydrogen-bond acceptors (Lipinski definition) is 4. The SMILES string of the molecule is CCOc1cc2c(cc1OC)CC[N+]1(C)Cc3c(ccc(OC)c3OCC)CC21. The van der Waals surface area contributed by atoms with Crippen LogP contribution in [0.3, 0.4) is 0 Å². The Balaban J connectivity index is 1.80. The van der Waals surface area contributed by atoms with Crippen LogP contribution < -0.4 is 18.9 Å². The van der Waals surface area contributed by atoms with Crippen molar-refractivity contribution in [3.8, 4) is 23.0 Å². The van der Waals surface area contributed by atoms with Gasteiger partial charge >= 0.3 is 0 Å². The summed E-state index contributed by atoms with van der Waals surface area (Å²) < 4.78 is 24.1. The molecule has 0 bridgehead atoms. The highest BCUT2D eigenvalue weighted by Gasteiger charge is 2.44. The summed E-state index contributed by atoms with van der Waals surface area (Å²) in [7, 11) is 5.80. The van der Waals surface area contributed by atoms with E-state index < -0.39 is 0 Å². The zero-order chi connectivity index (χ0) is 20.6. The Morgan fingerprint density at radius 1 is 0.931 bits per heavy atom. The fraction of sp³-hybridized carbons (Fsp3) is 0.500. The summed E-state index contributed by atoms with van der Waals surface area (Å²) in [6, 6.07) is 9.05. The van der Waals surface area contributed by atoms with Gasteiger partial charge in [0.1, 0.15) is 12.6 Å². The summed E-state index contributed by atoms with van der Waals surface area (Å²) in [6.07, 6.45) is 2.02. The van der Waals surface area contributed by atoms with E-state index in [1.54, 1.807) is 14.2 Å². The largest absolute Gasteiger partial charge is 0.493 e. The molecule has 4 rings (SSSR count). The smallest absolute Gasteiger partial charge is 0.170 e. The van der Waals surface area contributed by atoms with Gasteiger partial charge < -0.3 is 23.4 Å². The summed E-state index contributed by atoms with van der Waals surface area (Å²) in [5, 5.41) is 0. The molecule has 0 amide bonds. The third kappa shape index (κ3) is 3.31. The van der Waals surface area contributed by atoms with Crippen LogP contribution in [0.2, 0.25) is 0 Å². The van der Waals surface area contributed by atoms with E-state index >= 15 is 0 Å². The monoisotopic (exact) mass is 398 g/mol. The van der Waals surface area contributed by atoms with E-state index in [2.05, 4.69) is 25.2 Å². The maximum Gasteiger partial charge on any atom is 0.170 e. The second kappa shape index (κ2) is 7.79. The van der Waals surface area contributed by atoms with Crippen molar-refractivity contribution in [1.29, 1.82) is 0 Å². The van der Waals surface area contributed by atoms with Crippen LogP contribution in [-0.4, -0.2) is 45.5 Å². The number of methoxy groups -OCH3 is 2. The van der Waals surface area contributed by atoms with Gasteiger partial charge in [0.25, 0.3) is 0 Å². The maximum atomic E-state index is 6.03. The van der Waals surface area contributed by atoms with Crippen molar-refractivity contribution in [2.75, 3.05) is 41.0 Å². The van der Waals surface area contributed by atoms with Crippen LogP contribution in [-0.2, 0) is 19.4 Å². The molecular weight excluding hydrogens is 366 g/mol. The molecule has 2 aromatic carbocycles. The Labute approximate surface area is 173 Å². The first-order valence-electron chi connectivity index (χ1n) is 10.5. The molecule has 0 N–H and O–H groups in total. The molecule has 5 nitrogen and oxygen atoms in total. The first-order chi connectivity index (χ1) is 14.0. The molecule has 0 aromatic heterocycles. The van der Waals surface area contributed by atoms with Gasteiger partial charge in [0.05, 0.1) is 46.6 Å². The summed E-state index contributed by atoms with van der Waals surface area (Å²) >= 11 is 0. The van der Waals surface area contributed by atoms with Gasteiger partial charge in [-0.15, -0.1) is 0 Å². The van der Waals surface area contributed by atoms with Crippen LogP contribution in [0.25, 0.3) is 0 Å². The van der Waals surface area contributed by atoms with Crippen molar-refractivity contribution in [2.45, 2.75) is 39.3 Å². The van der Waals surface area contributed by atoms with Gasteiger partial charge in [0.15, 0.2) is 23.0 Å². The Hall–Kier alpha value is -2.40. The summed E-state index contributed by atoms with van der Waals surface area (Å²) in [5.74, 6) is 3.43. The van der Waals surface area contributed by atoms with Crippen LogP contribution in [0.1, 0.15) is 42.1 Å². The van der Waals surface area contributed by atoms with Crippen molar-refractivity contribution in [3.05, 3.63) is 46.5 Å². The van der Waals surface area contributed by atoms with Gasteiger partial charge in [-0.2, -0.15) is 0 Å². The highest BCUT2D eigenvalue weighted by Crippen LogP contribution is 2.49. The summed E-state index contributed by atoms with van der Waals surface area (Å²) in [4.78, 5) is 0. The minimum absolute atomic E-state index is 0.402. The molecule has 0 saturated heterocycles. The second-order valence-electron chi connectivity index (χ2n) is 8.13. The maximum absolute atomic E-state index is 6.03. The third-order valence-corrected chi connectivity index (χ3v) is 6.49. The standard InChI is InChI=1S/C24H32NO4/c1-6-28-23-14-18-17(13-22(23)27-5)10-11-25(3)15-19-16(12-20(18)25)8-9-21(26-4)24(19)29-7-2/h8-9,13-14,20H,6-7,10-12,15H2,1-5H3/q+1. The van der Waals surface area contributed by atoms with Gasteiger partial charge in [-0.3, -0.25) is 0 Å². The summed E-state index contributed by atoms with van der Waals surface area (Å²) in [6.45, 7) is 7.35. The van der Waals surface area contributed by atoms with E-state index in [1.807, 2.05) is 19.9 Å². The van der Waals surface area contributed by atoms with Crippen molar-refractivity contribution in [1.82, 2.24) is 0 Å². The molecule has 2 unspecified atom stereocenters. The Morgan fingerprint density at radius 2 is 1.69 bits per heavy atom. The zero-order valence-corrected chi connectivity index (χ0v) is 18.2. The Bertz CT molecular complexity index is 910. The Morgan fingerprint density at radius 3 is 2.38 bits per heavy atom. The first kappa shape index (κ1) is 19.9. The molecule has 2 aromatic rings. The molecule has 0 fully saturated rings. The highest BCUT2D eigenvalue weighted by atomic mass is 16.5. The van der Waals surface area contributed by atoms with Crippen molar-refractivity contribution < 1.29 is 23.4 Å². The van der Waals surface area contributed by atoms with Gasteiger partial charge in [-0.05, 0) is 43.2 Å². The molecule has 0 saturated carbocycles. The fourth-order valence-corrected chi connectivity index (χ4v) is 5.00. The lowest BCUT2D eigenvalue weighted by Gasteiger charge is -2.49. The lowest BCUT2D eigenvalue weighted by Crippen LogP contribution is -2.53. The highest BCUT2D eigenvalue weighted by molar-refractivity contribution is 5.53. The van der Waals surface area contributed by atoms with Crippen LogP contribution in [0, 0.1) is 0 Å². The number of fused-ring (bicyclic) bond motifs is 4. The van der Waals surface area contributed by atoms with Crippen molar-refractivity contribution >= 4 is 0 Å². The predicted octanol–water partition coefficient (Wildman–Crippen LogP) is 4.30. The van der Waals surface area contributed by atoms with Crippen LogP contribution >= 0.6 is 0 Å². The predicted molar refractivity (Wildman–Crippen MR) is 113 cm³/mol. The molecule has 0 radical (unpaired) electrons. The number of quaternary nitrogens is 1. The van der Waals surface area contributed by atoms with Gasteiger partial charge in [0, 0.05) is 18.4 Å². The molecule has 0 aliphatic carbocycles. The third-order valence-electron chi connectivity index (χ3n) is 6.49. The van der Waals surface area contributed by atoms with E-state index in [4.69, 9.17) is 18.9 Å². The van der Waals surface area contributed by atoms with Gasteiger partial charge in [-0.25, -0.2) is 0 Å². The number of benzene rings is 2. The molecule has 156 valence electrons. The van der Waals surface area contributed by atoms with E-state index in [0.29, 0.717) is 19.3 Å². The fourth-order valence-electron chi connectivity index (χ4n) is 5.00. The molecule has 29 heavy (non-hydrogen) atoms. The Kier molecular flexibility index (Phi) is 5.34. The van der Waals surface area contributed by atoms with Gasteiger partial charge in [-0.1, -0.05) is 6.07 Å². The minimum Gasteiger partial charge on any atom is -0.493 e. The molecule has 5 heteroatoms. The lowest BCUT2D eigenvalue weighted by atomic mass is 9.81. The molecule has 2 atom stereocenters. The average molecular weight is 399 g/mol. The van der Waals surface area contributed by atoms with Gasteiger partial charge in [0.2, 0.25) is 0 Å². The lowest BCUT2D eigenvalue weighted by molar-refractivity contribution is -0.956. The number of hydrogen-bond donors (Lipinski definition) is 0. The molecule has 2 aliphatic rings. The van der Waals surface area contributed by atoms with E-state index in [-0.39, 0.29) is 0 Å². The van der Waals surface area contributed by atoms with Crippen molar-refractivity contribution in [3.63, 3.8) is 0 Å². The topological polar surface area (TPSA) is 36.9 Å². The van der Waals surface area contributed by atoms with Crippen LogP contribution in [0.4, 0.5) is 0 Å². The van der Waals surface area contributed by atoms with Crippen LogP contribution in [0.5, 0.6) is 23.0 Å². The minimum atomic E-state index is 0.402. The van der Waals surface area contributed by atoms with E-state index in [9.17, 15) is 0 Å². The molecule has 2 aliphatic heterocycles. The van der Waals surface area contributed by atoms with Crippen molar-refractivity contribution in [2.24, 2.45) is 0 Å². The average Bonchev–Trinajstić information content (AvgIpc) is 2.73. The number of likely N-dealkylation sites (N-methyl/N-ethyl adjacent to an activating group) is 1. The zero-order valence-electron chi connectivity index (χ0n) is 18.2. The van der Waals surface area contributed by atoms with E-state index in [0.717, 1.165) is 53.4 Å². The molecule has 0 spiro atoms. The number of nitrogens with zero attached hydrogens (tertiary/aromatic N) is 1. The second-order valence-corrected chi connectivity index (χ2v) is 8.13. The number of ether oxygens (including phenoxy) is 4. The summed E-state index contributed by atoms with van der Waals surface area (Å²) in [5.41, 5.74) is 5.43. The first-order valence-corrected chi connectivity index (χ1v) is 10.5. The van der Waals surface area contributed by atoms with Crippen LogP contribution in [0.15, 0.2) is 24.3 Å². The normalized spacial score (nSPS) is 22.2.